The number of benzene rings is 2. The van der Waals surface area contributed by atoms with Crippen LogP contribution in [0, 0.1) is 0 Å². The molecule has 0 radical (unpaired) electrons. The molecule has 6 heteroatoms. The molecule has 0 bridgehead atoms. The Balaban J connectivity index is 1.98. The second-order valence-corrected chi connectivity index (χ2v) is 7.32. The van der Waals surface area contributed by atoms with Crippen LogP contribution in [0.3, 0.4) is 0 Å². The molecular weight excluding hydrogens is 352 g/mol. The van der Waals surface area contributed by atoms with Crippen molar-refractivity contribution in [3.05, 3.63) is 58.6 Å². The fraction of sp³-hybridized carbons (Fsp3) is 0.300. The second-order valence-electron chi connectivity index (χ2n) is 6.92. The molecule has 0 aliphatic heterocycles. The number of halogens is 1. The van der Waals surface area contributed by atoms with Crippen molar-refractivity contribution in [2.24, 2.45) is 0 Å². The highest BCUT2D eigenvalue weighted by Crippen LogP contribution is 2.24. The maximum absolute atomic E-state index is 12.2. The van der Waals surface area contributed by atoms with Crippen LogP contribution in [0.25, 0.3) is 0 Å². The molecule has 0 fully saturated rings. The molecule has 0 aliphatic rings. The predicted molar refractivity (Wildman–Crippen MR) is 105 cm³/mol. The summed E-state index contributed by atoms with van der Waals surface area (Å²) in [7, 11) is 1.30. The molecule has 0 spiro atoms. The van der Waals surface area contributed by atoms with Crippen LogP contribution in [0.4, 0.5) is 11.4 Å². The Kier molecular flexibility index (Phi) is 6.27. The fourth-order valence-electron chi connectivity index (χ4n) is 2.33. The van der Waals surface area contributed by atoms with E-state index in [9.17, 15) is 9.59 Å². The number of amides is 1. The third-order valence-electron chi connectivity index (χ3n) is 3.87. The Morgan fingerprint density at radius 3 is 2.31 bits per heavy atom. The lowest BCUT2D eigenvalue weighted by Gasteiger charge is -2.19. The minimum atomic E-state index is -0.491. The number of carbonyl (C=O) groups is 2. The number of anilines is 2. The van der Waals surface area contributed by atoms with E-state index in [2.05, 4.69) is 36.1 Å². The number of hydrogen-bond donors (Lipinski definition) is 2. The molecule has 0 aliphatic carbocycles. The summed E-state index contributed by atoms with van der Waals surface area (Å²) in [5, 5.41) is 6.11. The smallest absolute Gasteiger partial charge is 0.337 e. The van der Waals surface area contributed by atoms with Crippen LogP contribution in [0.1, 0.15) is 36.7 Å². The van der Waals surface area contributed by atoms with Crippen molar-refractivity contribution in [1.29, 1.82) is 0 Å². The van der Waals surface area contributed by atoms with Gasteiger partial charge in [-0.25, -0.2) is 4.79 Å². The quantitative estimate of drug-likeness (QED) is 0.757. The molecule has 138 valence electrons. The highest BCUT2D eigenvalue weighted by Gasteiger charge is 2.13. The number of nitrogens with one attached hydrogen (secondary N) is 2. The average molecular weight is 375 g/mol. The Bertz CT molecular complexity index is 796. The maximum Gasteiger partial charge on any atom is 0.337 e. The topological polar surface area (TPSA) is 67.4 Å². The van der Waals surface area contributed by atoms with Crippen molar-refractivity contribution in [2.75, 3.05) is 24.3 Å². The van der Waals surface area contributed by atoms with Crippen LogP contribution in [0.15, 0.2) is 42.5 Å². The average Bonchev–Trinajstić information content (AvgIpc) is 2.60. The lowest BCUT2D eigenvalue weighted by Crippen LogP contribution is -2.22. The van der Waals surface area contributed by atoms with Gasteiger partial charge in [0.15, 0.2) is 0 Å². The first-order chi connectivity index (χ1) is 12.2. The van der Waals surface area contributed by atoms with Gasteiger partial charge in [-0.05, 0) is 41.3 Å². The summed E-state index contributed by atoms with van der Waals surface area (Å²) in [6, 6.07) is 12.5. The molecule has 2 rings (SSSR count). The molecule has 0 heterocycles. The van der Waals surface area contributed by atoms with Gasteiger partial charge in [0, 0.05) is 5.69 Å². The zero-order valence-electron chi connectivity index (χ0n) is 15.4. The standard InChI is InChI=1S/C20H23ClN2O3/c1-20(2,3)14-6-8-15(9-7-14)22-12-18(24)23-17-11-13(19(25)26-4)5-10-16(17)21/h5-11,22H,12H2,1-4H3,(H,23,24). The van der Waals surface area contributed by atoms with E-state index in [1.54, 1.807) is 12.1 Å². The molecule has 1 amide bonds. The molecule has 2 aromatic rings. The SMILES string of the molecule is COC(=O)c1ccc(Cl)c(NC(=O)CNc2ccc(C(C)(C)C)cc2)c1. The second kappa shape index (κ2) is 8.23. The summed E-state index contributed by atoms with van der Waals surface area (Å²) in [6.45, 7) is 6.52. The van der Waals surface area contributed by atoms with Crippen molar-refractivity contribution in [2.45, 2.75) is 26.2 Å². The van der Waals surface area contributed by atoms with Gasteiger partial charge in [0.05, 0.1) is 29.9 Å². The number of esters is 1. The van der Waals surface area contributed by atoms with Crippen molar-refractivity contribution in [3.8, 4) is 0 Å². The molecule has 0 saturated carbocycles. The van der Waals surface area contributed by atoms with Crippen LogP contribution in [-0.4, -0.2) is 25.5 Å². The largest absolute Gasteiger partial charge is 0.465 e. The molecule has 0 atom stereocenters. The number of methoxy groups -OCH3 is 1. The van der Waals surface area contributed by atoms with Crippen LogP contribution < -0.4 is 10.6 Å². The fourth-order valence-corrected chi connectivity index (χ4v) is 2.50. The van der Waals surface area contributed by atoms with Crippen molar-refractivity contribution >= 4 is 34.9 Å². The summed E-state index contributed by atoms with van der Waals surface area (Å²) < 4.78 is 4.67. The van der Waals surface area contributed by atoms with Gasteiger partial charge in [-0.1, -0.05) is 44.5 Å². The summed E-state index contributed by atoms with van der Waals surface area (Å²) in [6.07, 6.45) is 0. The van der Waals surface area contributed by atoms with Crippen LogP contribution in [0.2, 0.25) is 5.02 Å². The van der Waals surface area contributed by atoms with E-state index in [1.165, 1.54) is 18.7 Å². The van der Waals surface area contributed by atoms with E-state index >= 15 is 0 Å². The number of ether oxygens (including phenoxy) is 1. The first kappa shape index (κ1) is 19.8. The maximum atomic E-state index is 12.2. The van der Waals surface area contributed by atoms with Gasteiger partial charge in [-0.15, -0.1) is 0 Å². The van der Waals surface area contributed by atoms with Crippen molar-refractivity contribution in [1.82, 2.24) is 0 Å². The van der Waals surface area contributed by atoms with Gasteiger partial charge < -0.3 is 15.4 Å². The third kappa shape index (κ3) is 5.23. The number of carbonyl (C=O) groups excluding carboxylic acids is 2. The lowest BCUT2D eigenvalue weighted by molar-refractivity contribution is -0.114. The van der Waals surface area contributed by atoms with Crippen LogP contribution >= 0.6 is 11.6 Å². The first-order valence-electron chi connectivity index (χ1n) is 8.23. The molecule has 2 aromatic carbocycles. The summed E-state index contributed by atoms with van der Waals surface area (Å²) in [4.78, 5) is 23.7. The van der Waals surface area contributed by atoms with E-state index in [-0.39, 0.29) is 17.9 Å². The van der Waals surface area contributed by atoms with Crippen LogP contribution in [0.5, 0.6) is 0 Å². The van der Waals surface area contributed by atoms with Gasteiger partial charge in [0.1, 0.15) is 0 Å². The van der Waals surface area contributed by atoms with Crippen LogP contribution in [-0.2, 0) is 14.9 Å². The highest BCUT2D eigenvalue weighted by atomic mass is 35.5. The van der Waals surface area contributed by atoms with Crippen molar-refractivity contribution in [3.63, 3.8) is 0 Å². The Labute approximate surface area is 158 Å². The monoisotopic (exact) mass is 374 g/mol. The highest BCUT2D eigenvalue weighted by molar-refractivity contribution is 6.33. The third-order valence-corrected chi connectivity index (χ3v) is 4.20. The molecule has 0 saturated heterocycles. The van der Waals surface area contributed by atoms with Crippen molar-refractivity contribution < 1.29 is 14.3 Å². The Morgan fingerprint density at radius 2 is 1.73 bits per heavy atom. The number of rotatable bonds is 5. The molecule has 0 unspecified atom stereocenters. The summed E-state index contributed by atoms with van der Waals surface area (Å²) in [5.41, 5.74) is 2.83. The molecular formula is C20H23ClN2O3. The first-order valence-corrected chi connectivity index (χ1v) is 8.60. The summed E-state index contributed by atoms with van der Waals surface area (Å²) >= 11 is 6.08. The van der Waals surface area contributed by atoms with Gasteiger partial charge >= 0.3 is 5.97 Å². The normalized spacial score (nSPS) is 11.0. The zero-order chi connectivity index (χ0) is 19.3. The molecule has 0 aromatic heterocycles. The predicted octanol–water partition coefficient (Wildman–Crippen LogP) is 4.47. The van der Waals surface area contributed by atoms with E-state index in [0.29, 0.717) is 16.3 Å². The minimum Gasteiger partial charge on any atom is -0.465 e. The van der Waals surface area contributed by atoms with E-state index in [4.69, 9.17) is 11.6 Å². The molecule has 26 heavy (non-hydrogen) atoms. The Hall–Kier alpha value is -2.53. The van der Waals surface area contributed by atoms with Gasteiger partial charge in [-0.3, -0.25) is 4.79 Å². The van der Waals surface area contributed by atoms with Gasteiger partial charge in [0.25, 0.3) is 0 Å². The van der Waals surface area contributed by atoms with Gasteiger partial charge in [0.2, 0.25) is 5.91 Å². The molecule has 2 N–H and O–H groups in total. The minimum absolute atomic E-state index is 0.0770. The number of hydrogen-bond acceptors (Lipinski definition) is 4. The van der Waals surface area contributed by atoms with E-state index in [0.717, 1.165) is 5.69 Å². The van der Waals surface area contributed by atoms with Gasteiger partial charge in [-0.2, -0.15) is 0 Å². The van der Waals surface area contributed by atoms with E-state index in [1.807, 2.05) is 24.3 Å². The Morgan fingerprint density at radius 1 is 1.08 bits per heavy atom. The lowest BCUT2D eigenvalue weighted by atomic mass is 9.87. The van der Waals surface area contributed by atoms with E-state index < -0.39 is 5.97 Å². The molecule has 5 nitrogen and oxygen atoms in total. The zero-order valence-corrected chi connectivity index (χ0v) is 16.1. The summed E-state index contributed by atoms with van der Waals surface area (Å²) in [5.74, 6) is -0.761.